The number of hydrogen-bond donors (Lipinski definition) is 1. The van der Waals surface area contributed by atoms with Crippen molar-refractivity contribution >= 4 is 46.9 Å². The number of urea groups is 1. The minimum absolute atomic E-state index is 0.141. The summed E-state index contributed by atoms with van der Waals surface area (Å²) < 4.78 is 7.11. The normalized spacial score (nSPS) is 16.8. The van der Waals surface area contributed by atoms with Crippen molar-refractivity contribution in [3.8, 4) is 5.00 Å². The lowest BCUT2D eigenvalue weighted by Gasteiger charge is -2.26. The number of para-hydroxylation sites is 1. The number of nitrogens with zero attached hydrogens (tertiary/aromatic N) is 2. The maximum atomic E-state index is 13.2. The minimum atomic E-state index is -0.786. The summed E-state index contributed by atoms with van der Waals surface area (Å²) >= 11 is 1.59. The lowest BCUT2D eigenvalue weighted by atomic mass is 9.95. The number of amides is 4. The van der Waals surface area contributed by atoms with Crippen LogP contribution in [0.25, 0.3) is 11.1 Å². The monoisotopic (exact) mass is 503 g/mol. The van der Waals surface area contributed by atoms with Crippen LogP contribution in [0, 0.1) is 13.8 Å². The van der Waals surface area contributed by atoms with Gasteiger partial charge in [-0.3, -0.25) is 14.9 Å². The van der Waals surface area contributed by atoms with Gasteiger partial charge >= 0.3 is 12.0 Å². The summed E-state index contributed by atoms with van der Waals surface area (Å²) in [4.78, 5) is 53.3. The summed E-state index contributed by atoms with van der Waals surface area (Å²) in [6.07, 6.45) is 5.39. The van der Waals surface area contributed by atoms with Crippen LogP contribution in [0.2, 0.25) is 0 Å². The van der Waals surface area contributed by atoms with Crippen LogP contribution in [-0.2, 0) is 27.2 Å². The zero-order chi connectivity index (χ0) is 25.6. The molecule has 0 radical (unpaired) electrons. The molecule has 8 nitrogen and oxygen atoms in total. The van der Waals surface area contributed by atoms with Crippen molar-refractivity contribution in [2.75, 3.05) is 12.0 Å². The number of ether oxygens (including phenoxy) is 1. The number of aryl methyl sites for hydroxylation is 2. The molecule has 1 aliphatic heterocycles. The molecule has 0 atom stereocenters. The van der Waals surface area contributed by atoms with Crippen molar-refractivity contribution in [1.29, 1.82) is 0 Å². The molecule has 1 aromatic carbocycles. The van der Waals surface area contributed by atoms with E-state index in [1.165, 1.54) is 18.1 Å². The fourth-order valence-electron chi connectivity index (χ4n) is 4.89. The molecule has 0 unspecified atom stereocenters. The van der Waals surface area contributed by atoms with E-state index in [0.29, 0.717) is 16.8 Å². The molecular weight excluding hydrogens is 478 g/mol. The van der Waals surface area contributed by atoms with Gasteiger partial charge in [-0.1, -0.05) is 18.2 Å². The number of nitrogens with one attached hydrogen (secondary N) is 1. The molecule has 0 saturated carbocycles. The Morgan fingerprint density at radius 1 is 1.08 bits per heavy atom. The highest BCUT2D eigenvalue weighted by molar-refractivity contribution is 7.15. The Morgan fingerprint density at radius 2 is 1.81 bits per heavy atom. The third-order valence-corrected chi connectivity index (χ3v) is 7.91. The highest BCUT2D eigenvalue weighted by Crippen LogP contribution is 2.39. The third kappa shape index (κ3) is 3.85. The van der Waals surface area contributed by atoms with Crippen LogP contribution in [0.1, 0.15) is 50.6 Å². The van der Waals surface area contributed by atoms with Crippen LogP contribution in [0.3, 0.4) is 0 Å². The Hall–Kier alpha value is -3.98. The standard InChI is InChI=1S/C27H25N3O5S/c1-15-13-17(14-20-23(31)28-27(34)30(24(20)32)18-9-5-4-6-10-18)16(2)29(15)25-22(26(33)35-3)19-11-7-8-12-21(19)36-25/h4-6,9-10,13-14H,7-8,11-12H2,1-3H3,(H,28,31,34)/b20-14+. The first-order valence-electron chi connectivity index (χ1n) is 11.7. The molecule has 3 heterocycles. The first-order valence-corrected chi connectivity index (χ1v) is 12.5. The smallest absolute Gasteiger partial charge is 0.341 e. The van der Waals surface area contributed by atoms with Crippen molar-refractivity contribution in [2.45, 2.75) is 39.5 Å². The Labute approximate surface area is 212 Å². The quantitative estimate of drug-likeness (QED) is 0.322. The number of methoxy groups -OCH3 is 1. The number of barbiturate groups is 1. The number of hydrogen-bond acceptors (Lipinski definition) is 6. The van der Waals surface area contributed by atoms with Crippen LogP contribution >= 0.6 is 11.3 Å². The fraction of sp³-hybridized carbons (Fsp3) is 0.259. The second kappa shape index (κ2) is 9.23. The highest BCUT2D eigenvalue weighted by Gasteiger charge is 2.37. The van der Waals surface area contributed by atoms with Gasteiger partial charge in [0, 0.05) is 16.3 Å². The van der Waals surface area contributed by atoms with E-state index in [1.807, 2.05) is 24.5 Å². The van der Waals surface area contributed by atoms with Gasteiger partial charge in [-0.2, -0.15) is 0 Å². The Bertz CT molecular complexity index is 1450. The van der Waals surface area contributed by atoms with Gasteiger partial charge in [0.1, 0.15) is 10.6 Å². The molecule has 1 N–H and O–H groups in total. The van der Waals surface area contributed by atoms with E-state index >= 15 is 0 Å². The van der Waals surface area contributed by atoms with Gasteiger partial charge < -0.3 is 9.30 Å². The lowest BCUT2D eigenvalue weighted by molar-refractivity contribution is -0.122. The van der Waals surface area contributed by atoms with Crippen LogP contribution in [0.5, 0.6) is 0 Å². The summed E-state index contributed by atoms with van der Waals surface area (Å²) in [5.41, 5.74) is 4.14. The van der Waals surface area contributed by atoms with Crippen molar-refractivity contribution in [3.63, 3.8) is 0 Å². The first-order chi connectivity index (χ1) is 17.3. The zero-order valence-electron chi connectivity index (χ0n) is 20.2. The van der Waals surface area contributed by atoms with Gasteiger partial charge in [0.05, 0.1) is 18.4 Å². The number of thiophene rings is 1. The molecule has 2 aromatic heterocycles. The molecule has 1 fully saturated rings. The molecule has 2 aliphatic rings. The topological polar surface area (TPSA) is 97.7 Å². The van der Waals surface area contributed by atoms with E-state index in [9.17, 15) is 19.2 Å². The van der Waals surface area contributed by atoms with Crippen LogP contribution < -0.4 is 10.2 Å². The Kier molecular flexibility index (Phi) is 6.09. The van der Waals surface area contributed by atoms with Gasteiger partial charge in [-0.25, -0.2) is 14.5 Å². The average molecular weight is 504 g/mol. The van der Waals surface area contributed by atoms with E-state index in [1.54, 1.807) is 41.7 Å². The van der Waals surface area contributed by atoms with Gasteiger partial charge in [0.15, 0.2) is 0 Å². The number of carbonyl (C=O) groups is 4. The van der Waals surface area contributed by atoms with Crippen LogP contribution in [0.15, 0.2) is 42.0 Å². The molecule has 36 heavy (non-hydrogen) atoms. The second-order valence-corrected chi connectivity index (χ2v) is 9.92. The number of carbonyl (C=O) groups excluding carboxylic acids is 4. The predicted molar refractivity (Wildman–Crippen MR) is 137 cm³/mol. The fourth-order valence-corrected chi connectivity index (χ4v) is 6.38. The summed E-state index contributed by atoms with van der Waals surface area (Å²) in [7, 11) is 1.39. The summed E-state index contributed by atoms with van der Waals surface area (Å²) in [6, 6.07) is 9.54. The molecule has 0 bridgehead atoms. The number of benzene rings is 1. The van der Waals surface area contributed by atoms with Crippen LogP contribution in [0.4, 0.5) is 10.5 Å². The predicted octanol–water partition coefficient (Wildman–Crippen LogP) is 4.49. The van der Waals surface area contributed by atoms with Gasteiger partial charge in [0.25, 0.3) is 11.8 Å². The van der Waals surface area contributed by atoms with Crippen LogP contribution in [-0.4, -0.2) is 35.5 Å². The summed E-state index contributed by atoms with van der Waals surface area (Å²) in [6.45, 7) is 3.79. The molecular formula is C27H25N3O5S. The van der Waals surface area contributed by atoms with Crippen molar-refractivity contribution < 1.29 is 23.9 Å². The van der Waals surface area contributed by atoms with E-state index in [2.05, 4.69) is 5.32 Å². The molecule has 4 amide bonds. The number of imide groups is 2. The number of aromatic nitrogens is 1. The largest absolute Gasteiger partial charge is 0.465 e. The van der Waals surface area contributed by atoms with E-state index in [-0.39, 0.29) is 11.5 Å². The summed E-state index contributed by atoms with van der Waals surface area (Å²) in [5.74, 6) is -1.80. The maximum absolute atomic E-state index is 13.2. The molecule has 3 aromatic rings. The minimum Gasteiger partial charge on any atom is -0.465 e. The first kappa shape index (κ1) is 23.7. The molecule has 9 heteroatoms. The van der Waals surface area contributed by atoms with E-state index in [4.69, 9.17) is 4.74 Å². The average Bonchev–Trinajstić information content (AvgIpc) is 3.37. The molecule has 1 aliphatic carbocycles. The van der Waals surface area contributed by atoms with Crippen molar-refractivity contribution in [2.24, 2.45) is 0 Å². The van der Waals surface area contributed by atoms with Gasteiger partial charge in [-0.05, 0) is 74.9 Å². The number of fused-ring (bicyclic) bond motifs is 1. The Balaban J connectivity index is 1.60. The van der Waals surface area contributed by atoms with E-state index in [0.717, 1.165) is 52.5 Å². The third-order valence-electron chi connectivity index (χ3n) is 6.63. The number of anilines is 1. The summed E-state index contributed by atoms with van der Waals surface area (Å²) in [5, 5.41) is 3.04. The second-order valence-electron chi connectivity index (χ2n) is 8.84. The number of rotatable bonds is 4. The zero-order valence-corrected chi connectivity index (χ0v) is 21.0. The van der Waals surface area contributed by atoms with Gasteiger partial charge in [0.2, 0.25) is 0 Å². The van der Waals surface area contributed by atoms with Gasteiger partial charge in [-0.15, -0.1) is 11.3 Å². The molecule has 0 spiro atoms. The molecule has 1 saturated heterocycles. The van der Waals surface area contributed by atoms with E-state index < -0.39 is 17.8 Å². The SMILES string of the molecule is COC(=O)c1c(-n2c(C)cc(/C=C3\C(=O)NC(=O)N(c4ccccc4)C3=O)c2C)sc2c1CCCC2. The van der Waals surface area contributed by atoms with Crippen molar-refractivity contribution in [3.05, 3.63) is 74.9 Å². The van der Waals surface area contributed by atoms with Crippen molar-refractivity contribution in [1.82, 2.24) is 9.88 Å². The number of esters is 1. The molecule has 184 valence electrons. The highest BCUT2D eigenvalue weighted by atomic mass is 32.1. The maximum Gasteiger partial charge on any atom is 0.341 e. The molecule has 5 rings (SSSR count). The lowest BCUT2D eigenvalue weighted by Crippen LogP contribution is -2.54. The Morgan fingerprint density at radius 3 is 2.53 bits per heavy atom.